The van der Waals surface area contributed by atoms with Gasteiger partial charge in [-0.05, 0) is 12.1 Å². The molecule has 1 amide bonds. The summed E-state index contributed by atoms with van der Waals surface area (Å²) >= 11 is 0. The largest absolute Gasteiger partial charge is 0.340 e. The van der Waals surface area contributed by atoms with Gasteiger partial charge >= 0.3 is 0 Å². The molecule has 0 N–H and O–H groups in total. The smallest absolute Gasteiger partial charge is 0.269 e. The van der Waals surface area contributed by atoms with Gasteiger partial charge in [-0.15, -0.1) is 0 Å². The first-order valence-corrected chi connectivity index (χ1v) is 9.01. The molecule has 1 heterocycles. The first-order chi connectivity index (χ1) is 11.0. The Labute approximate surface area is 141 Å². The van der Waals surface area contributed by atoms with Crippen molar-refractivity contribution in [2.45, 2.75) is 25.7 Å². The van der Waals surface area contributed by atoms with Crippen LogP contribution in [-0.2, 0) is 14.8 Å². The molecule has 132 valence electrons. The molecule has 8 nitrogen and oxygen atoms in total. The van der Waals surface area contributed by atoms with E-state index in [1.165, 1.54) is 28.6 Å². The van der Waals surface area contributed by atoms with Gasteiger partial charge in [-0.1, -0.05) is 20.8 Å². The van der Waals surface area contributed by atoms with Crippen molar-refractivity contribution in [1.29, 1.82) is 0 Å². The van der Waals surface area contributed by atoms with Gasteiger partial charge in [0.15, 0.2) is 0 Å². The normalized spacial score (nSPS) is 16.9. The fourth-order valence-electron chi connectivity index (χ4n) is 2.49. The van der Waals surface area contributed by atoms with Crippen LogP contribution in [0.15, 0.2) is 29.2 Å². The van der Waals surface area contributed by atoms with E-state index in [9.17, 15) is 23.3 Å². The van der Waals surface area contributed by atoms with Crippen LogP contribution in [0.2, 0.25) is 0 Å². The number of carbonyl (C=O) groups is 1. The molecule has 0 spiro atoms. The number of non-ortho nitro benzene ring substituents is 1. The summed E-state index contributed by atoms with van der Waals surface area (Å²) in [4.78, 5) is 24.0. The molecule has 1 aliphatic rings. The zero-order chi connectivity index (χ0) is 18.1. The average Bonchev–Trinajstić information content (AvgIpc) is 2.53. The van der Waals surface area contributed by atoms with E-state index in [1.54, 1.807) is 4.90 Å². The van der Waals surface area contributed by atoms with Crippen LogP contribution in [0.5, 0.6) is 0 Å². The summed E-state index contributed by atoms with van der Waals surface area (Å²) in [5.41, 5.74) is -0.658. The van der Waals surface area contributed by atoms with Crippen molar-refractivity contribution in [1.82, 2.24) is 9.21 Å². The Morgan fingerprint density at radius 1 is 1.08 bits per heavy atom. The van der Waals surface area contributed by atoms with E-state index < -0.39 is 20.4 Å². The molecule has 0 bridgehead atoms. The molecule has 0 aliphatic carbocycles. The molecule has 0 radical (unpaired) electrons. The maximum Gasteiger partial charge on any atom is 0.269 e. The van der Waals surface area contributed by atoms with E-state index in [-0.39, 0.29) is 29.6 Å². The third-order valence-electron chi connectivity index (χ3n) is 3.85. The SMILES string of the molecule is CC(C)(C)C(=O)N1CCN(S(=O)(=O)c2ccc([N+](=O)[O-])cc2)CC1. The highest BCUT2D eigenvalue weighted by atomic mass is 32.2. The second kappa shape index (κ2) is 6.48. The van der Waals surface area contributed by atoms with E-state index in [4.69, 9.17) is 0 Å². The van der Waals surface area contributed by atoms with Gasteiger partial charge in [0, 0.05) is 43.7 Å². The molecule has 0 unspecified atom stereocenters. The molecule has 1 fully saturated rings. The van der Waals surface area contributed by atoms with Crippen LogP contribution in [-0.4, -0.2) is 54.6 Å². The van der Waals surface area contributed by atoms with Crippen LogP contribution in [0, 0.1) is 15.5 Å². The molecule has 1 aliphatic heterocycles. The molecular weight excluding hydrogens is 334 g/mol. The zero-order valence-corrected chi connectivity index (χ0v) is 14.7. The summed E-state index contributed by atoms with van der Waals surface area (Å²) in [6.07, 6.45) is 0. The van der Waals surface area contributed by atoms with Crippen LogP contribution in [0.4, 0.5) is 5.69 Å². The van der Waals surface area contributed by atoms with Crippen LogP contribution in [0.3, 0.4) is 0 Å². The highest BCUT2D eigenvalue weighted by Gasteiger charge is 2.33. The van der Waals surface area contributed by atoms with Crippen molar-refractivity contribution in [2.75, 3.05) is 26.2 Å². The number of amides is 1. The fourth-order valence-corrected chi connectivity index (χ4v) is 3.92. The van der Waals surface area contributed by atoms with Crippen molar-refractivity contribution in [3.05, 3.63) is 34.4 Å². The monoisotopic (exact) mass is 355 g/mol. The van der Waals surface area contributed by atoms with E-state index in [2.05, 4.69) is 0 Å². The van der Waals surface area contributed by atoms with E-state index in [0.29, 0.717) is 13.1 Å². The molecular formula is C15H21N3O5S. The maximum absolute atomic E-state index is 12.6. The predicted molar refractivity (Wildman–Crippen MR) is 87.9 cm³/mol. The standard InChI is InChI=1S/C15H21N3O5S/c1-15(2,3)14(19)16-8-10-17(11-9-16)24(22,23)13-6-4-12(5-7-13)18(20)21/h4-7H,8-11H2,1-3H3. The van der Waals surface area contributed by atoms with Crippen LogP contribution in [0.25, 0.3) is 0 Å². The molecule has 1 aromatic rings. The van der Waals surface area contributed by atoms with Crippen molar-refractivity contribution < 1.29 is 18.1 Å². The number of benzene rings is 1. The lowest BCUT2D eigenvalue weighted by molar-refractivity contribution is -0.384. The van der Waals surface area contributed by atoms with Gasteiger partial charge in [-0.25, -0.2) is 8.42 Å². The summed E-state index contributed by atoms with van der Waals surface area (Å²) in [6, 6.07) is 4.82. The van der Waals surface area contributed by atoms with Gasteiger partial charge in [0.2, 0.25) is 15.9 Å². The Morgan fingerprint density at radius 3 is 2.00 bits per heavy atom. The molecule has 1 aromatic carbocycles. The number of piperazine rings is 1. The Balaban J connectivity index is 2.10. The second-order valence-corrected chi connectivity index (χ2v) is 8.64. The first kappa shape index (κ1) is 18.3. The summed E-state index contributed by atoms with van der Waals surface area (Å²) in [6.45, 7) is 6.58. The maximum atomic E-state index is 12.6. The van der Waals surface area contributed by atoms with Crippen molar-refractivity contribution in [2.24, 2.45) is 5.41 Å². The Bertz CT molecular complexity index is 729. The molecule has 1 saturated heterocycles. The van der Waals surface area contributed by atoms with E-state index in [1.807, 2.05) is 20.8 Å². The average molecular weight is 355 g/mol. The Hall–Kier alpha value is -2.00. The molecule has 0 atom stereocenters. The quantitative estimate of drug-likeness (QED) is 0.604. The number of hydrogen-bond acceptors (Lipinski definition) is 5. The van der Waals surface area contributed by atoms with Gasteiger partial charge in [-0.3, -0.25) is 14.9 Å². The predicted octanol–water partition coefficient (Wildman–Crippen LogP) is 1.47. The summed E-state index contributed by atoms with van der Waals surface area (Å²) in [5, 5.41) is 10.7. The van der Waals surface area contributed by atoms with E-state index in [0.717, 1.165) is 0 Å². The lowest BCUT2D eigenvalue weighted by Crippen LogP contribution is -2.52. The number of sulfonamides is 1. The van der Waals surface area contributed by atoms with Gasteiger partial charge in [0.1, 0.15) is 0 Å². The first-order valence-electron chi connectivity index (χ1n) is 7.57. The third-order valence-corrected chi connectivity index (χ3v) is 5.77. The Kier molecular flexibility index (Phi) is 4.95. The van der Waals surface area contributed by atoms with Crippen LogP contribution < -0.4 is 0 Å². The molecule has 0 aromatic heterocycles. The minimum Gasteiger partial charge on any atom is -0.340 e. The number of hydrogen-bond donors (Lipinski definition) is 0. The van der Waals surface area contributed by atoms with Crippen molar-refractivity contribution in [3.63, 3.8) is 0 Å². The van der Waals surface area contributed by atoms with Crippen LogP contribution >= 0.6 is 0 Å². The minimum atomic E-state index is -3.72. The number of nitrogens with zero attached hydrogens (tertiary/aromatic N) is 3. The van der Waals surface area contributed by atoms with E-state index >= 15 is 0 Å². The van der Waals surface area contributed by atoms with Gasteiger partial charge in [-0.2, -0.15) is 4.31 Å². The summed E-state index contributed by atoms with van der Waals surface area (Å²) in [7, 11) is -3.72. The number of nitro groups is 1. The highest BCUT2D eigenvalue weighted by Crippen LogP contribution is 2.23. The zero-order valence-electron chi connectivity index (χ0n) is 13.9. The molecule has 9 heteroatoms. The Morgan fingerprint density at radius 2 is 1.58 bits per heavy atom. The minimum absolute atomic E-state index is 0.00474. The van der Waals surface area contributed by atoms with Gasteiger partial charge in [0.05, 0.1) is 9.82 Å². The van der Waals surface area contributed by atoms with Gasteiger partial charge in [0.25, 0.3) is 5.69 Å². The lowest BCUT2D eigenvalue weighted by Gasteiger charge is -2.37. The third kappa shape index (κ3) is 3.73. The number of carbonyl (C=O) groups excluding carboxylic acids is 1. The number of rotatable bonds is 3. The molecule has 2 rings (SSSR count). The number of nitro benzene ring substituents is 1. The van der Waals surface area contributed by atoms with Crippen LogP contribution in [0.1, 0.15) is 20.8 Å². The second-order valence-electron chi connectivity index (χ2n) is 6.70. The summed E-state index contributed by atoms with van der Waals surface area (Å²) in [5.74, 6) is -0.00474. The topological polar surface area (TPSA) is 101 Å². The fraction of sp³-hybridized carbons (Fsp3) is 0.533. The molecule has 24 heavy (non-hydrogen) atoms. The molecule has 0 saturated carbocycles. The van der Waals surface area contributed by atoms with Crippen molar-refractivity contribution in [3.8, 4) is 0 Å². The lowest BCUT2D eigenvalue weighted by atomic mass is 9.94. The van der Waals surface area contributed by atoms with Gasteiger partial charge < -0.3 is 4.90 Å². The van der Waals surface area contributed by atoms with Crippen molar-refractivity contribution >= 4 is 21.6 Å². The highest BCUT2D eigenvalue weighted by molar-refractivity contribution is 7.89. The summed E-state index contributed by atoms with van der Waals surface area (Å²) < 4.78 is 26.5.